The molecule has 1 saturated carbocycles. The zero-order valence-corrected chi connectivity index (χ0v) is 13.9. The molecule has 0 aromatic carbocycles. The summed E-state index contributed by atoms with van der Waals surface area (Å²) in [4.78, 5) is 13.6. The molecule has 9 heteroatoms. The molecule has 2 aromatic heterocycles. The van der Waals surface area contributed by atoms with Crippen molar-refractivity contribution in [1.29, 1.82) is 0 Å². The molecule has 23 heavy (non-hydrogen) atoms. The molecule has 0 spiro atoms. The third-order valence-corrected chi connectivity index (χ3v) is 5.75. The van der Waals surface area contributed by atoms with Gasteiger partial charge in [0.2, 0.25) is 10.0 Å². The highest BCUT2D eigenvalue weighted by Gasteiger charge is 2.35. The van der Waals surface area contributed by atoms with E-state index in [4.69, 9.17) is 0 Å². The summed E-state index contributed by atoms with van der Waals surface area (Å²) in [6.07, 6.45) is 3.90. The second-order valence-corrected chi connectivity index (χ2v) is 7.92. The standard InChI is InChI=1S/C14H21N5O3S/c1-9(20)7-23(21,22)18-10-5-11(6-10)19(2)14-12-3-4-15-13(12)16-8-17-14/h3-4,8-11,18,20H,5-7H2,1-2H3,(H,15,16,17)/t9?,10-,11+. The zero-order valence-electron chi connectivity index (χ0n) is 13.1. The van der Waals surface area contributed by atoms with Crippen LogP contribution in [-0.2, 0) is 10.0 Å². The van der Waals surface area contributed by atoms with Crippen LogP contribution in [0.3, 0.4) is 0 Å². The fraction of sp³-hybridized carbons (Fsp3) is 0.571. The van der Waals surface area contributed by atoms with Crippen LogP contribution in [-0.4, -0.2) is 59.5 Å². The molecule has 0 saturated heterocycles. The first-order valence-electron chi connectivity index (χ1n) is 7.54. The number of fused-ring (bicyclic) bond motifs is 1. The van der Waals surface area contributed by atoms with E-state index in [0.29, 0.717) is 12.8 Å². The summed E-state index contributed by atoms with van der Waals surface area (Å²) in [5.74, 6) is 0.575. The van der Waals surface area contributed by atoms with Crippen molar-refractivity contribution in [3.05, 3.63) is 18.6 Å². The van der Waals surface area contributed by atoms with Gasteiger partial charge < -0.3 is 15.0 Å². The van der Waals surface area contributed by atoms with Gasteiger partial charge in [-0.3, -0.25) is 0 Å². The number of nitrogens with one attached hydrogen (secondary N) is 2. The largest absolute Gasteiger partial charge is 0.392 e. The van der Waals surface area contributed by atoms with Gasteiger partial charge in [-0.05, 0) is 25.8 Å². The minimum atomic E-state index is -3.43. The lowest BCUT2D eigenvalue weighted by Gasteiger charge is -2.41. The number of sulfonamides is 1. The maximum absolute atomic E-state index is 11.8. The van der Waals surface area contributed by atoms with Crippen molar-refractivity contribution in [2.24, 2.45) is 0 Å². The van der Waals surface area contributed by atoms with Crippen molar-refractivity contribution in [2.75, 3.05) is 17.7 Å². The summed E-state index contributed by atoms with van der Waals surface area (Å²) in [5, 5.41) is 10.2. The molecular formula is C14H21N5O3S. The normalized spacial score (nSPS) is 22.7. The van der Waals surface area contributed by atoms with Crippen molar-refractivity contribution in [3.63, 3.8) is 0 Å². The van der Waals surface area contributed by atoms with E-state index in [1.165, 1.54) is 13.3 Å². The van der Waals surface area contributed by atoms with Crippen molar-refractivity contribution in [1.82, 2.24) is 19.7 Å². The maximum atomic E-state index is 11.8. The van der Waals surface area contributed by atoms with E-state index in [0.717, 1.165) is 16.9 Å². The van der Waals surface area contributed by atoms with Gasteiger partial charge in [-0.15, -0.1) is 0 Å². The molecule has 1 atom stereocenters. The lowest BCUT2D eigenvalue weighted by atomic mass is 9.86. The second kappa shape index (κ2) is 6.06. The Morgan fingerprint density at radius 1 is 1.48 bits per heavy atom. The van der Waals surface area contributed by atoms with Crippen molar-refractivity contribution >= 4 is 26.9 Å². The Bertz CT molecular complexity index is 783. The highest BCUT2D eigenvalue weighted by molar-refractivity contribution is 7.89. The maximum Gasteiger partial charge on any atom is 0.214 e. The molecule has 3 N–H and O–H groups in total. The van der Waals surface area contributed by atoms with E-state index >= 15 is 0 Å². The number of hydrogen-bond donors (Lipinski definition) is 3. The summed E-state index contributed by atoms with van der Waals surface area (Å²) in [5.41, 5.74) is 0.787. The van der Waals surface area contributed by atoms with Gasteiger partial charge in [0.1, 0.15) is 17.8 Å². The molecule has 2 aromatic rings. The summed E-state index contributed by atoms with van der Waals surface area (Å²) in [6.45, 7) is 1.47. The van der Waals surface area contributed by atoms with Gasteiger partial charge in [0.05, 0.1) is 17.2 Å². The molecule has 0 bridgehead atoms. The zero-order chi connectivity index (χ0) is 16.6. The Morgan fingerprint density at radius 3 is 2.91 bits per heavy atom. The van der Waals surface area contributed by atoms with Crippen molar-refractivity contribution < 1.29 is 13.5 Å². The summed E-state index contributed by atoms with van der Waals surface area (Å²) in [6, 6.07) is 2.07. The molecule has 1 aliphatic rings. The number of aliphatic hydroxyl groups excluding tert-OH is 1. The number of anilines is 1. The van der Waals surface area contributed by atoms with Gasteiger partial charge in [-0.25, -0.2) is 23.1 Å². The lowest BCUT2D eigenvalue weighted by Crippen LogP contribution is -2.53. The first kappa shape index (κ1) is 16.2. The lowest BCUT2D eigenvalue weighted by molar-refractivity contribution is 0.217. The monoisotopic (exact) mass is 339 g/mol. The summed E-state index contributed by atoms with van der Waals surface area (Å²) in [7, 11) is -1.47. The highest BCUT2D eigenvalue weighted by Crippen LogP contribution is 2.31. The minimum Gasteiger partial charge on any atom is -0.392 e. The molecule has 2 heterocycles. The third kappa shape index (κ3) is 3.46. The van der Waals surface area contributed by atoms with Gasteiger partial charge in [-0.1, -0.05) is 0 Å². The van der Waals surface area contributed by atoms with E-state index in [2.05, 4.69) is 24.6 Å². The molecule has 0 aliphatic heterocycles. The molecule has 0 amide bonds. The van der Waals surface area contributed by atoms with E-state index < -0.39 is 16.1 Å². The van der Waals surface area contributed by atoms with Gasteiger partial charge in [-0.2, -0.15) is 0 Å². The third-order valence-electron chi connectivity index (χ3n) is 4.13. The average Bonchev–Trinajstić information content (AvgIpc) is 2.88. The Labute approximate surface area is 135 Å². The molecule has 0 radical (unpaired) electrons. The van der Waals surface area contributed by atoms with Crippen LogP contribution in [0.1, 0.15) is 19.8 Å². The predicted octanol–water partition coefficient (Wildman–Crippen LogP) is 0.225. The smallest absolute Gasteiger partial charge is 0.214 e. The first-order chi connectivity index (χ1) is 10.9. The minimum absolute atomic E-state index is 0.0882. The molecular weight excluding hydrogens is 318 g/mol. The van der Waals surface area contributed by atoms with E-state index in [1.807, 2.05) is 19.3 Å². The number of nitrogens with zero attached hydrogens (tertiary/aromatic N) is 3. The van der Waals surface area contributed by atoms with Gasteiger partial charge in [0.15, 0.2) is 0 Å². The molecule has 1 unspecified atom stereocenters. The molecule has 8 nitrogen and oxygen atoms in total. The quantitative estimate of drug-likeness (QED) is 0.694. The summed E-state index contributed by atoms with van der Waals surface area (Å²) >= 11 is 0. The van der Waals surface area contributed by atoms with E-state index in [9.17, 15) is 13.5 Å². The van der Waals surface area contributed by atoms with Crippen LogP contribution in [0.15, 0.2) is 18.6 Å². The van der Waals surface area contributed by atoms with Crippen LogP contribution in [0.2, 0.25) is 0 Å². The SMILES string of the molecule is CC(O)CS(=O)(=O)N[C@H]1C[C@@H](N(C)c2ncnc3[nH]ccc23)C1. The molecule has 126 valence electrons. The van der Waals surface area contributed by atoms with E-state index in [-0.39, 0.29) is 17.8 Å². The average molecular weight is 339 g/mol. The number of hydrogen-bond acceptors (Lipinski definition) is 6. The van der Waals surface area contributed by atoms with Crippen LogP contribution in [0, 0.1) is 0 Å². The first-order valence-corrected chi connectivity index (χ1v) is 9.20. The van der Waals surface area contributed by atoms with Gasteiger partial charge in [0.25, 0.3) is 0 Å². The second-order valence-electron chi connectivity index (χ2n) is 6.12. The van der Waals surface area contributed by atoms with Crippen molar-refractivity contribution in [3.8, 4) is 0 Å². The number of rotatable bonds is 6. The van der Waals surface area contributed by atoms with Crippen LogP contribution in [0.4, 0.5) is 5.82 Å². The molecule has 3 rings (SSSR count). The molecule has 1 aliphatic carbocycles. The highest BCUT2D eigenvalue weighted by atomic mass is 32.2. The Kier molecular flexibility index (Phi) is 4.26. The van der Waals surface area contributed by atoms with Crippen LogP contribution < -0.4 is 9.62 Å². The fourth-order valence-electron chi connectivity index (χ4n) is 2.93. The Balaban J connectivity index is 1.62. The Hall–Kier alpha value is -1.71. The topological polar surface area (TPSA) is 111 Å². The number of aromatic amines is 1. The fourth-order valence-corrected chi connectivity index (χ4v) is 4.36. The van der Waals surface area contributed by atoms with Crippen LogP contribution in [0.5, 0.6) is 0 Å². The number of aliphatic hydroxyl groups is 1. The predicted molar refractivity (Wildman–Crippen MR) is 87.7 cm³/mol. The van der Waals surface area contributed by atoms with Crippen molar-refractivity contribution in [2.45, 2.75) is 38.0 Å². The number of aromatic nitrogens is 3. The summed E-state index contributed by atoms with van der Waals surface area (Å²) < 4.78 is 26.3. The Morgan fingerprint density at radius 2 is 2.22 bits per heavy atom. The molecule has 1 fully saturated rings. The van der Waals surface area contributed by atoms with Gasteiger partial charge >= 0.3 is 0 Å². The van der Waals surface area contributed by atoms with Gasteiger partial charge in [0, 0.05) is 25.3 Å². The number of H-pyrrole nitrogens is 1. The van der Waals surface area contributed by atoms with Crippen LogP contribution in [0.25, 0.3) is 11.0 Å². The van der Waals surface area contributed by atoms with E-state index in [1.54, 1.807) is 0 Å². The van der Waals surface area contributed by atoms with Crippen LogP contribution >= 0.6 is 0 Å².